The number of carbonyl (C=O) groups excluding carboxylic acids is 1. The van der Waals surface area contributed by atoms with Crippen LogP contribution in [0.2, 0.25) is 0 Å². The van der Waals surface area contributed by atoms with Crippen LogP contribution in [0.5, 0.6) is 0 Å². The van der Waals surface area contributed by atoms with Crippen LogP contribution in [0.15, 0.2) is 24.4 Å². The molecule has 1 aliphatic rings. The molecule has 0 aliphatic carbocycles. The van der Waals surface area contributed by atoms with Gasteiger partial charge in [0, 0.05) is 31.7 Å². The molecule has 2 heterocycles. The minimum absolute atomic E-state index is 0.128. The van der Waals surface area contributed by atoms with Gasteiger partial charge in [-0.25, -0.2) is 0 Å². The Balaban J connectivity index is 1.80. The van der Waals surface area contributed by atoms with Crippen LogP contribution in [-0.4, -0.2) is 23.5 Å². The lowest BCUT2D eigenvalue weighted by atomic mass is 10.2. The van der Waals surface area contributed by atoms with E-state index in [0.29, 0.717) is 6.42 Å². The number of aromatic nitrogens is 1. The number of carbonyl (C=O) groups is 1. The van der Waals surface area contributed by atoms with Crippen molar-refractivity contribution in [3.8, 4) is 0 Å². The summed E-state index contributed by atoms with van der Waals surface area (Å²) in [7, 11) is 0. The third kappa shape index (κ3) is 2.29. The minimum atomic E-state index is 0.128. The van der Waals surface area contributed by atoms with E-state index in [1.54, 1.807) is 6.20 Å². The molecule has 1 amide bonds. The van der Waals surface area contributed by atoms with Crippen LogP contribution in [0.1, 0.15) is 12.1 Å². The number of pyridine rings is 1. The topological polar surface area (TPSA) is 54.0 Å². The first kappa shape index (κ1) is 9.15. The van der Waals surface area contributed by atoms with Gasteiger partial charge in [0.2, 0.25) is 5.91 Å². The Hall–Kier alpha value is -1.42. The first-order chi connectivity index (χ1) is 6.84. The first-order valence-electron chi connectivity index (χ1n) is 4.74. The SMILES string of the molecule is O=C1CC(NCc2ccccn2)CN1. The van der Waals surface area contributed by atoms with Crippen LogP contribution < -0.4 is 10.6 Å². The number of nitrogens with zero attached hydrogens (tertiary/aromatic N) is 1. The fourth-order valence-corrected chi connectivity index (χ4v) is 1.50. The van der Waals surface area contributed by atoms with Crippen molar-refractivity contribution in [3.63, 3.8) is 0 Å². The highest BCUT2D eigenvalue weighted by Gasteiger charge is 2.20. The highest BCUT2D eigenvalue weighted by atomic mass is 16.1. The van der Waals surface area contributed by atoms with Gasteiger partial charge in [-0.05, 0) is 12.1 Å². The highest BCUT2D eigenvalue weighted by molar-refractivity contribution is 5.78. The molecule has 2 N–H and O–H groups in total. The lowest BCUT2D eigenvalue weighted by molar-refractivity contribution is -0.119. The smallest absolute Gasteiger partial charge is 0.221 e. The molecule has 0 radical (unpaired) electrons. The molecule has 4 heteroatoms. The molecular formula is C10H13N3O. The van der Waals surface area contributed by atoms with Crippen molar-refractivity contribution in [2.45, 2.75) is 19.0 Å². The molecule has 1 unspecified atom stereocenters. The predicted molar refractivity (Wildman–Crippen MR) is 52.5 cm³/mol. The fourth-order valence-electron chi connectivity index (χ4n) is 1.50. The van der Waals surface area contributed by atoms with Crippen LogP contribution >= 0.6 is 0 Å². The molecule has 1 atom stereocenters. The van der Waals surface area contributed by atoms with E-state index < -0.39 is 0 Å². The molecule has 74 valence electrons. The molecule has 0 spiro atoms. The molecule has 1 aromatic heterocycles. The largest absolute Gasteiger partial charge is 0.354 e. The average molecular weight is 191 g/mol. The summed E-state index contributed by atoms with van der Waals surface area (Å²) < 4.78 is 0. The van der Waals surface area contributed by atoms with Crippen molar-refractivity contribution >= 4 is 5.91 Å². The summed E-state index contributed by atoms with van der Waals surface area (Å²) in [5.41, 5.74) is 1.01. The maximum atomic E-state index is 10.9. The normalized spacial score (nSPS) is 20.9. The summed E-state index contributed by atoms with van der Waals surface area (Å²) in [6.45, 7) is 1.45. The van der Waals surface area contributed by atoms with Crippen LogP contribution in [0.3, 0.4) is 0 Å². The molecule has 1 aliphatic heterocycles. The van der Waals surface area contributed by atoms with Gasteiger partial charge in [0.05, 0.1) is 5.69 Å². The number of amides is 1. The van der Waals surface area contributed by atoms with Gasteiger partial charge in [0.25, 0.3) is 0 Å². The third-order valence-electron chi connectivity index (χ3n) is 2.28. The molecular weight excluding hydrogens is 178 g/mol. The van der Waals surface area contributed by atoms with E-state index in [-0.39, 0.29) is 11.9 Å². The summed E-state index contributed by atoms with van der Waals surface area (Å²) in [6.07, 6.45) is 2.35. The van der Waals surface area contributed by atoms with Gasteiger partial charge in [-0.3, -0.25) is 9.78 Å². The van der Waals surface area contributed by atoms with Gasteiger partial charge < -0.3 is 10.6 Å². The zero-order valence-corrected chi connectivity index (χ0v) is 7.86. The first-order valence-corrected chi connectivity index (χ1v) is 4.74. The van der Waals surface area contributed by atoms with Crippen molar-refractivity contribution in [1.82, 2.24) is 15.6 Å². The molecule has 14 heavy (non-hydrogen) atoms. The zero-order chi connectivity index (χ0) is 9.80. The Morgan fingerprint density at radius 1 is 1.57 bits per heavy atom. The van der Waals surface area contributed by atoms with Gasteiger partial charge in [-0.1, -0.05) is 6.07 Å². The molecule has 1 fully saturated rings. The summed E-state index contributed by atoms with van der Waals surface area (Å²) in [5.74, 6) is 0.128. The molecule has 1 saturated heterocycles. The second-order valence-electron chi connectivity index (χ2n) is 3.41. The van der Waals surface area contributed by atoms with E-state index in [1.807, 2.05) is 18.2 Å². The van der Waals surface area contributed by atoms with Crippen LogP contribution in [0, 0.1) is 0 Å². The van der Waals surface area contributed by atoms with Crippen molar-refractivity contribution in [2.75, 3.05) is 6.54 Å². The van der Waals surface area contributed by atoms with Gasteiger partial charge in [-0.2, -0.15) is 0 Å². The van der Waals surface area contributed by atoms with Crippen molar-refractivity contribution in [1.29, 1.82) is 0 Å². The Morgan fingerprint density at radius 2 is 2.50 bits per heavy atom. The lowest BCUT2D eigenvalue weighted by Gasteiger charge is -2.08. The van der Waals surface area contributed by atoms with Crippen molar-refractivity contribution in [3.05, 3.63) is 30.1 Å². The van der Waals surface area contributed by atoms with Gasteiger partial charge >= 0.3 is 0 Å². The van der Waals surface area contributed by atoms with Gasteiger partial charge in [0.15, 0.2) is 0 Å². The van der Waals surface area contributed by atoms with Crippen LogP contribution in [0.25, 0.3) is 0 Å². The fraction of sp³-hybridized carbons (Fsp3) is 0.400. The number of nitrogens with one attached hydrogen (secondary N) is 2. The minimum Gasteiger partial charge on any atom is -0.354 e. The second kappa shape index (κ2) is 4.19. The molecule has 0 saturated carbocycles. The van der Waals surface area contributed by atoms with E-state index >= 15 is 0 Å². The standard InChI is InChI=1S/C10H13N3O/c14-10-5-9(7-13-10)12-6-8-3-1-2-4-11-8/h1-4,9,12H,5-7H2,(H,13,14). The molecule has 4 nitrogen and oxygen atoms in total. The Morgan fingerprint density at radius 3 is 3.14 bits per heavy atom. The number of rotatable bonds is 3. The maximum Gasteiger partial charge on any atom is 0.221 e. The van der Waals surface area contributed by atoms with Crippen molar-refractivity contribution < 1.29 is 4.79 Å². The van der Waals surface area contributed by atoms with Gasteiger partial charge in [-0.15, -0.1) is 0 Å². The van der Waals surface area contributed by atoms with Crippen molar-refractivity contribution in [2.24, 2.45) is 0 Å². The number of hydrogen-bond acceptors (Lipinski definition) is 3. The molecule has 0 bridgehead atoms. The highest BCUT2D eigenvalue weighted by Crippen LogP contribution is 2.00. The second-order valence-corrected chi connectivity index (χ2v) is 3.41. The summed E-state index contributed by atoms with van der Waals surface area (Å²) in [6, 6.07) is 6.08. The average Bonchev–Trinajstić information content (AvgIpc) is 2.63. The zero-order valence-electron chi connectivity index (χ0n) is 7.86. The molecule has 1 aromatic rings. The third-order valence-corrected chi connectivity index (χ3v) is 2.28. The maximum absolute atomic E-state index is 10.9. The molecule has 0 aromatic carbocycles. The van der Waals surface area contributed by atoms with Gasteiger partial charge in [0.1, 0.15) is 0 Å². The Bertz CT molecular complexity index is 312. The Labute approximate surface area is 82.7 Å². The monoisotopic (exact) mass is 191 g/mol. The van der Waals surface area contributed by atoms with Crippen LogP contribution in [0.4, 0.5) is 0 Å². The summed E-state index contributed by atoms with van der Waals surface area (Å²) in [4.78, 5) is 15.1. The number of hydrogen-bond donors (Lipinski definition) is 2. The summed E-state index contributed by atoms with van der Waals surface area (Å²) in [5, 5.41) is 6.07. The lowest BCUT2D eigenvalue weighted by Crippen LogP contribution is -2.30. The van der Waals surface area contributed by atoms with E-state index in [4.69, 9.17) is 0 Å². The molecule has 2 rings (SSSR count). The van der Waals surface area contributed by atoms with E-state index in [1.165, 1.54) is 0 Å². The Kier molecular flexibility index (Phi) is 2.74. The van der Waals surface area contributed by atoms with E-state index in [9.17, 15) is 4.79 Å². The predicted octanol–water partition coefficient (Wildman–Crippen LogP) is 0.0597. The summed E-state index contributed by atoms with van der Waals surface area (Å²) >= 11 is 0. The van der Waals surface area contributed by atoms with Crippen LogP contribution in [-0.2, 0) is 11.3 Å². The van der Waals surface area contributed by atoms with E-state index in [0.717, 1.165) is 18.8 Å². The van der Waals surface area contributed by atoms with E-state index in [2.05, 4.69) is 15.6 Å². The quantitative estimate of drug-likeness (QED) is 0.710.